The molecule has 0 spiro atoms. The Morgan fingerprint density at radius 1 is 1.71 bits per heavy atom. The van der Waals surface area contributed by atoms with E-state index in [4.69, 9.17) is 4.74 Å². The molecular weight excluding hydrogens is 238 g/mol. The summed E-state index contributed by atoms with van der Waals surface area (Å²) in [6.07, 6.45) is 2.26. The molecule has 0 aromatic rings. The molecule has 1 aliphatic heterocycles. The third-order valence-electron chi connectivity index (χ3n) is 2.52. The number of aliphatic imine (C=N–C) groups is 1. The second-order valence-electron chi connectivity index (χ2n) is 3.85. The summed E-state index contributed by atoms with van der Waals surface area (Å²) >= 11 is 1.69. The van der Waals surface area contributed by atoms with Crippen LogP contribution in [0.25, 0.3) is 0 Å². The van der Waals surface area contributed by atoms with Crippen LogP contribution in [0.4, 0.5) is 0 Å². The highest BCUT2D eigenvalue weighted by atomic mass is 32.2. The van der Waals surface area contributed by atoms with E-state index in [0.29, 0.717) is 19.2 Å². The molecule has 1 rings (SSSR count). The van der Waals surface area contributed by atoms with Gasteiger partial charge in [0.25, 0.3) is 0 Å². The molecule has 0 saturated carbocycles. The maximum Gasteiger partial charge on any atom is 0.241 e. The Morgan fingerprint density at radius 2 is 2.53 bits per heavy atom. The zero-order chi connectivity index (χ0) is 12.5. The van der Waals surface area contributed by atoms with Gasteiger partial charge in [-0.2, -0.15) is 0 Å². The van der Waals surface area contributed by atoms with Gasteiger partial charge in [-0.1, -0.05) is 18.7 Å². The van der Waals surface area contributed by atoms with Crippen molar-refractivity contribution >= 4 is 22.8 Å². The summed E-state index contributed by atoms with van der Waals surface area (Å²) in [5.41, 5.74) is 0. The summed E-state index contributed by atoms with van der Waals surface area (Å²) in [6.45, 7) is 3.42. The topological polar surface area (TPSA) is 62.7 Å². The van der Waals surface area contributed by atoms with E-state index in [1.807, 2.05) is 0 Å². The number of nitrogens with zero attached hydrogens (tertiary/aromatic N) is 1. The van der Waals surface area contributed by atoms with Crippen LogP contribution < -0.4 is 10.6 Å². The van der Waals surface area contributed by atoms with E-state index in [1.165, 1.54) is 6.42 Å². The fourth-order valence-corrected chi connectivity index (χ4v) is 2.48. The smallest absolute Gasteiger partial charge is 0.241 e. The SMILES string of the molecule is CCC1CCSC(=NCC(=O)NCCOC)N1. The predicted molar refractivity (Wildman–Crippen MR) is 71.5 cm³/mol. The highest BCUT2D eigenvalue weighted by Gasteiger charge is 2.15. The average molecular weight is 259 g/mol. The van der Waals surface area contributed by atoms with E-state index < -0.39 is 0 Å². The molecule has 5 nitrogen and oxygen atoms in total. The molecule has 6 heteroatoms. The van der Waals surface area contributed by atoms with Gasteiger partial charge in [-0.15, -0.1) is 0 Å². The summed E-state index contributed by atoms with van der Waals surface area (Å²) in [6, 6.07) is 0.506. The highest BCUT2D eigenvalue weighted by molar-refractivity contribution is 8.13. The van der Waals surface area contributed by atoms with Crippen LogP contribution in [0.1, 0.15) is 19.8 Å². The minimum Gasteiger partial charge on any atom is -0.383 e. The third kappa shape index (κ3) is 5.93. The predicted octanol–water partition coefficient (Wildman–Crippen LogP) is 0.610. The van der Waals surface area contributed by atoms with Crippen molar-refractivity contribution in [1.29, 1.82) is 0 Å². The van der Waals surface area contributed by atoms with Crippen LogP contribution in [-0.4, -0.2) is 49.7 Å². The average Bonchev–Trinajstić information content (AvgIpc) is 2.37. The first-order chi connectivity index (χ1) is 8.26. The standard InChI is InChI=1S/C11H21N3O2S/c1-3-9-4-7-17-11(14-9)13-8-10(15)12-5-6-16-2/h9H,3-8H2,1-2H3,(H,12,15)(H,13,14). The van der Waals surface area contributed by atoms with Crippen LogP contribution in [-0.2, 0) is 9.53 Å². The van der Waals surface area contributed by atoms with Crippen LogP contribution in [0, 0.1) is 0 Å². The summed E-state index contributed by atoms with van der Waals surface area (Å²) in [5, 5.41) is 6.97. The van der Waals surface area contributed by atoms with Crippen molar-refractivity contribution in [3.8, 4) is 0 Å². The number of rotatable bonds is 6. The van der Waals surface area contributed by atoms with Gasteiger partial charge in [0.2, 0.25) is 5.91 Å². The quantitative estimate of drug-likeness (QED) is 0.686. The molecule has 98 valence electrons. The molecule has 1 amide bonds. The van der Waals surface area contributed by atoms with Crippen LogP contribution in [0.15, 0.2) is 4.99 Å². The molecule has 0 bridgehead atoms. The monoisotopic (exact) mass is 259 g/mol. The van der Waals surface area contributed by atoms with E-state index in [1.54, 1.807) is 18.9 Å². The van der Waals surface area contributed by atoms with Gasteiger partial charge in [0.15, 0.2) is 5.17 Å². The summed E-state index contributed by atoms with van der Waals surface area (Å²) in [5.74, 6) is 1.02. The van der Waals surface area contributed by atoms with E-state index in [2.05, 4.69) is 22.5 Å². The molecule has 0 aromatic carbocycles. The van der Waals surface area contributed by atoms with E-state index in [9.17, 15) is 4.79 Å². The number of hydrogen-bond donors (Lipinski definition) is 2. The number of amides is 1. The summed E-state index contributed by atoms with van der Waals surface area (Å²) < 4.78 is 4.85. The van der Waals surface area contributed by atoms with Gasteiger partial charge in [0.05, 0.1) is 6.61 Å². The molecule has 1 saturated heterocycles. The Balaban J connectivity index is 2.24. The third-order valence-corrected chi connectivity index (χ3v) is 3.48. The lowest BCUT2D eigenvalue weighted by atomic mass is 10.2. The van der Waals surface area contributed by atoms with Crippen molar-refractivity contribution < 1.29 is 9.53 Å². The van der Waals surface area contributed by atoms with Gasteiger partial charge >= 0.3 is 0 Å². The Labute approximate surface area is 107 Å². The number of nitrogens with one attached hydrogen (secondary N) is 2. The first-order valence-electron chi connectivity index (χ1n) is 5.95. The molecule has 1 aliphatic rings. The minimum absolute atomic E-state index is 0.0597. The molecular formula is C11H21N3O2S. The lowest BCUT2D eigenvalue weighted by Crippen LogP contribution is -2.38. The molecule has 0 aliphatic carbocycles. The number of carbonyl (C=O) groups is 1. The number of methoxy groups -OCH3 is 1. The van der Waals surface area contributed by atoms with Gasteiger partial charge in [0.1, 0.15) is 6.54 Å². The minimum atomic E-state index is -0.0597. The number of carbonyl (C=O) groups excluding carboxylic acids is 1. The Morgan fingerprint density at radius 3 is 3.24 bits per heavy atom. The van der Waals surface area contributed by atoms with Gasteiger partial charge in [0, 0.05) is 25.4 Å². The van der Waals surface area contributed by atoms with Crippen molar-refractivity contribution in [3.05, 3.63) is 0 Å². The molecule has 2 N–H and O–H groups in total. The number of hydrogen-bond acceptors (Lipinski definition) is 4. The van der Waals surface area contributed by atoms with Gasteiger partial charge in [-0.3, -0.25) is 9.79 Å². The van der Waals surface area contributed by atoms with Gasteiger partial charge < -0.3 is 15.4 Å². The maximum atomic E-state index is 11.4. The fraction of sp³-hybridized carbons (Fsp3) is 0.818. The second kappa shape index (κ2) is 8.36. The van der Waals surface area contributed by atoms with Crippen molar-refractivity contribution in [1.82, 2.24) is 10.6 Å². The Hall–Kier alpha value is -0.750. The Bertz CT molecular complexity index is 271. The maximum absolute atomic E-state index is 11.4. The van der Waals surface area contributed by atoms with E-state index in [-0.39, 0.29) is 12.5 Å². The first-order valence-corrected chi connectivity index (χ1v) is 6.94. The van der Waals surface area contributed by atoms with Crippen molar-refractivity contribution in [2.75, 3.05) is 32.6 Å². The second-order valence-corrected chi connectivity index (χ2v) is 4.93. The lowest BCUT2D eigenvalue weighted by Gasteiger charge is -2.24. The molecule has 1 heterocycles. The highest BCUT2D eigenvalue weighted by Crippen LogP contribution is 2.15. The van der Waals surface area contributed by atoms with Crippen molar-refractivity contribution in [2.45, 2.75) is 25.8 Å². The molecule has 17 heavy (non-hydrogen) atoms. The fourth-order valence-electron chi connectivity index (χ4n) is 1.48. The van der Waals surface area contributed by atoms with Crippen molar-refractivity contribution in [3.63, 3.8) is 0 Å². The zero-order valence-corrected chi connectivity index (χ0v) is 11.3. The van der Waals surface area contributed by atoms with E-state index in [0.717, 1.165) is 17.3 Å². The molecule has 1 unspecified atom stereocenters. The van der Waals surface area contributed by atoms with Gasteiger partial charge in [-0.25, -0.2) is 0 Å². The number of amidine groups is 1. The van der Waals surface area contributed by atoms with Crippen LogP contribution in [0.3, 0.4) is 0 Å². The van der Waals surface area contributed by atoms with E-state index >= 15 is 0 Å². The van der Waals surface area contributed by atoms with Crippen LogP contribution in [0.5, 0.6) is 0 Å². The molecule has 1 fully saturated rings. The summed E-state index contributed by atoms with van der Waals surface area (Å²) in [7, 11) is 1.61. The largest absolute Gasteiger partial charge is 0.383 e. The van der Waals surface area contributed by atoms with Crippen LogP contribution in [0.2, 0.25) is 0 Å². The molecule has 0 aromatic heterocycles. The van der Waals surface area contributed by atoms with Gasteiger partial charge in [-0.05, 0) is 12.8 Å². The van der Waals surface area contributed by atoms with Crippen molar-refractivity contribution in [2.24, 2.45) is 4.99 Å². The molecule has 1 atom stereocenters. The summed E-state index contributed by atoms with van der Waals surface area (Å²) in [4.78, 5) is 15.7. The zero-order valence-electron chi connectivity index (χ0n) is 10.5. The first kappa shape index (κ1) is 14.3. The Kier molecular flexibility index (Phi) is 7.04. The number of ether oxygens (including phenoxy) is 1. The lowest BCUT2D eigenvalue weighted by molar-refractivity contribution is -0.119. The number of thioether (sulfide) groups is 1. The van der Waals surface area contributed by atoms with Crippen LogP contribution >= 0.6 is 11.8 Å². The molecule has 0 radical (unpaired) electrons. The normalized spacial score (nSPS) is 22.2.